The molecule has 0 atom stereocenters. The topological polar surface area (TPSA) is 134 Å². The van der Waals surface area contributed by atoms with Gasteiger partial charge in [-0.25, -0.2) is 9.59 Å². The monoisotopic (exact) mass is 418 g/mol. The van der Waals surface area contributed by atoms with Gasteiger partial charge in [-0.15, -0.1) is 0 Å². The number of halogens is 3. The number of hydrogen-bond donors (Lipinski definition) is 1. The van der Waals surface area contributed by atoms with Crippen LogP contribution in [0.1, 0.15) is 11.5 Å². The Morgan fingerprint density at radius 1 is 1.00 bits per heavy atom. The van der Waals surface area contributed by atoms with Crippen molar-refractivity contribution in [1.82, 2.24) is 10.3 Å². The number of hydrogen-bond acceptors (Lipinski definition) is 10. The minimum atomic E-state index is -0.870. The van der Waals surface area contributed by atoms with E-state index in [1.54, 1.807) is 12.1 Å². The van der Waals surface area contributed by atoms with Crippen LogP contribution in [0, 0.1) is 0 Å². The van der Waals surface area contributed by atoms with Crippen LogP contribution < -0.4 is 0 Å². The minimum absolute atomic E-state index is 0.00424. The largest absolute Gasteiger partial charge is 0.509 e. The predicted molar refractivity (Wildman–Crippen MR) is 84.0 cm³/mol. The van der Waals surface area contributed by atoms with Gasteiger partial charge in [0.2, 0.25) is 0 Å². The Balaban J connectivity index is 0.000000378. The van der Waals surface area contributed by atoms with Crippen LogP contribution in [0.25, 0.3) is 0 Å². The first-order chi connectivity index (χ1) is 12.0. The lowest BCUT2D eigenvalue weighted by atomic mass is 10.5. The van der Waals surface area contributed by atoms with Crippen LogP contribution in [0.15, 0.2) is 33.6 Å². The molecule has 0 aliphatic carbocycles. The van der Waals surface area contributed by atoms with Crippen molar-refractivity contribution < 1.29 is 38.0 Å². The van der Waals surface area contributed by atoms with E-state index >= 15 is 0 Å². The molecule has 0 aromatic carbocycles. The molecule has 0 radical (unpaired) electrons. The summed E-state index contributed by atoms with van der Waals surface area (Å²) >= 11 is 14.6. The maximum atomic E-state index is 10.5. The first kappa shape index (κ1) is 23.0. The minimum Gasteiger partial charge on any atom is -0.437 e. The molecule has 1 N–H and O–H groups in total. The number of carbonyl (C=O) groups is 2. The fraction of sp³-hybridized carbons (Fsp3) is 0.333. The molecular formula is C12H13Cl3N2O8. The Bertz CT molecular complexity index is 565. The van der Waals surface area contributed by atoms with Crippen LogP contribution in [0.4, 0.5) is 9.59 Å². The molecule has 0 bridgehead atoms. The van der Waals surface area contributed by atoms with Crippen LogP contribution in [0.5, 0.6) is 0 Å². The van der Waals surface area contributed by atoms with Crippen LogP contribution in [-0.4, -0.2) is 39.1 Å². The molecule has 0 unspecified atom stereocenters. The molecule has 0 saturated heterocycles. The molecule has 0 aliphatic rings. The maximum Gasteiger partial charge on any atom is 0.509 e. The Morgan fingerprint density at radius 3 is 1.88 bits per heavy atom. The lowest BCUT2D eigenvalue weighted by molar-refractivity contribution is 0.0554. The SMILES string of the molecule is O=C(Cl)OCCl.O=C(OCCl)OCc1ccno1.OCc1ccno1. The summed E-state index contributed by atoms with van der Waals surface area (Å²) in [5.41, 5.74) is -0.870. The molecule has 2 heterocycles. The quantitative estimate of drug-likeness (QED) is 0.437. The van der Waals surface area contributed by atoms with E-state index in [0.29, 0.717) is 11.5 Å². The molecule has 0 aliphatic heterocycles. The molecule has 2 rings (SSSR count). The van der Waals surface area contributed by atoms with Gasteiger partial charge in [0.1, 0.15) is 6.61 Å². The van der Waals surface area contributed by atoms with E-state index in [4.69, 9.17) is 28.3 Å². The van der Waals surface area contributed by atoms with Gasteiger partial charge in [0, 0.05) is 23.7 Å². The number of aliphatic hydroxyl groups excluding tert-OH is 1. The third kappa shape index (κ3) is 14.1. The van der Waals surface area contributed by atoms with Crippen molar-refractivity contribution in [2.45, 2.75) is 13.2 Å². The van der Waals surface area contributed by atoms with Gasteiger partial charge in [0.25, 0.3) is 0 Å². The molecule has 0 fully saturated rings. The standard InChI is InChI=1S/C6H6ClNO4.C4H5NO2.C2H2Cl2O2/c7-4-11-6(9)10-3-5-1-2-8-12-5;6-3-4-1-2-5-7-4;3-1-6-2(4)5/h1-2H,3-4H2;1-2,6H,3H2;1H2. The number of ether oxygens (including phenoxy) is 3. The van der Waals surface area contributed by atoms with E-state index in [-0.39, 0.29) is 25.3 Å². The van der Waals surface area contributed by atoms with Crippen molar-refractivity contribution in [3.8, 4) is 0 Å². The van der Waals surface area contributed by atoms with Crippen LogP contribution in [0.3, 0.4) is 0 Å². The highest BCUT2D eigenvalue weighted by Gasteiger charge is 2.04. The number of aliphatic hydroxyl groups is 1. The smallest absolute Gasteiger partial charge is 0.437 e. The average Bonchev–Trinajstić information content (AvgIpc) is 3.28. The van der Waals surface area contributed by atoms with E-state index in [1.807, 2.05) is 0 Å². The van der Waals surface area contributed by atoms with Crippen LogP contribution in [-0.2, 0) is 27.4 Å². The third-order valence-electron chi connectivity index (χ3n) is 1.81. The summed E-state index contributed by atoms with van der Waals surface area (Å²) in [5, 5.41) is 15.1. The van der Waals surface area contributed by atoms with E-state index in [1.165, 1.54) is 12.4 Å². The number of nitrogens with zero attached hydrogens (tertiary/aromatic N) is 2. The summed E-state index contributed by atoms with van der Waals surface area (Å²) in [5.74, 6) is 0.946. The van der Waals surface area contributed by atoms with Gasteiger partial charge in [-0.1, -0.05) is 33.5 Å². The summed E-state index contributed by atoms with van der Waals surface area (Å²) in [4.78, 5) is 20.0. The zero-order valence-corrected chi connectivity index (χ0v) is 14.7. The third-order valence-corrected chi connectivity index (χ3v) is 2.14. The first-order valence-electron chi connectivity index (χ1n) is 6.17. The lowest BCUT2D eigenvalue weighted by Gasteiger charge is -1.99. The van der Waals surface area contributed by atoms with E-state index in [9.17, 15) is 9.59 Å². The Labute approximate surface area is 156 Å². The summed E-state index contributed by atoms with van der Waals surface area (Å²) in [6.07, 6.45) is 2.11. The van der Waals surface area contributed by atoms with E-state index < -0.39 is 11.6 Å². The van der Waals surface area contributed by atoms with Crippen molar-refractivity contribution in [3.05, 3.63) is 36.0 Å². The summed E-state index contributed by atoms with van der Waals surface area (Å²) < 4.78 is 21.9. The highest BCUT2D eigenvalue weighted by molar-refractivity contribution is 6.61. The maximum absolute atomic E-state index is 10.5. The Kier molecular flexibility index (Phi) is 14.3. The normalized spacial score (nSPS) is 8.96. The molecule has 0 spiro atoms. The van der Waals surface area contributed by atoms with Crippen molar-refractivity contribution in [2.24, 2.45) is 0 Å². The molecular weight excluding hydrogens is 406 g/mol. The second kappa shape index (κ2) is 15.5. The Morgan fingerprint density at radius 2 is 1.56 bits per heavy atom. The highest BCUT2D eigenvalue weighted by atomic mass is 35.5. The molecule has 10 nitrogen and oxygen atoms in total. The van der Waals surface area contributed by atoms with Crippen LogP contribution >= 0.6 is 34.8 Å². The predicted octanol–water partition coefficient (Wildman–Crippen LogP) is 3.25. The lowest BCUT2D eigenvalue weighted by Crippen LogP contribution is -2.05. The second-order valence-electron chi connectivity index (χ2n) is 3.40. The van der Waals surface area contributed by atoms with Gasteiger partial charge in [-0.2, -0.15) is 0 Å². The summed E-state index contributed by atoms with van der Waals surface area (Å²) in [6.45, 7) is -0.0737. The van der Waals surface area contributed by atoms with Gasteiger partial charge >= 0.3 is 11.6 Å². The van der Waals surface area contributed by atoms with Gasteiger partial charge in [0.15, 0.2) is 30.3 Å². The van der Waals surface area contributed by atoms with Gasteiger partial charge in [-0.05, 0) is 0 Å². The van der Waals surface area contributed by atoms with Crippen molar-refractivity contribution in [2.75, 3.05) is 12.1 Å². The van der Waals surface area contributed by atoms with Crippen molar-refractivity contribution in [1.29, 1.82) is 0 Å². The summed E-state index contributed by atoms with van der Waals surface area (Å²) in [7, 11) is 0. The van der Waals surface area contributed by atoms with Gasteiger partial charge in [-0.3, -0.25) is 0 Å². The zero-order valence-electron chi connectivity index (χ0n) is 12.5. The number of carbonyl (C=O) groups excluding carboxylic acids is 2. The molecule has 0 amide bonds. The van der Waals surface area contributed by atoms with E-state index in [0.717, 1.165) is 0 Å². The van der Waals surface area contributed by atoms with Gasteiger partial charge < -0.3 is 28.4 Å². The molecule has 140 valence electrons. The number of alkyl halides is 2. The second-order valence-corrected chi connectivity index (χ2v) is 4.14. The van der Waals surface area contributed by atoms with Crippen molar-refractivity contribution >= 4 is 46.4 Å². The molecule has 0 saturated carbocycles. The average molecular weight is 420 g/mol. The van der Waals surface area contributed by atoms with Crippen LogP contribution in [0.2, 0.25) is 0 Å². The first-order valence-corrected chi connectivity index (χ1v) is 7.61. The van der Waals surface area contributed by atoms with E-state index in [2.05, 4.69) is 45.2 Å². The Hall–Kier alpha value is -2.01. The molecule has 2 aromatic rings. The van der Waals surface area contributed by atoms with Crippen molar-refractivity contribution in [3.63, 3.8) is 0 Å². The fourth-order valence-corrected chi connectivity index (χ4v) is 1.20. The van der Waals surface area contributed by atoms with Gasteiger partial charge in [0.05, 0.1) is 12.4 Å². The number of aromatic nitrogens is 2. The highest BCUT2D eigenvalue weighted by Crippen LogP contribution is 2.00. The number of rotatable bonds is 5. The molecule has 2 aromatic heterocycles. The molecule has 13 heteroatoms. The molecule has 25 heavy (non-hydrogen) atoms. The zero-order chi connectivity index (χ0) is 18.9. The fourth-order valence-electron chi connectivity index (χ4n) is 0.899. The summed E-state index contributed by atoms with van der Waals surface area (Å²) in [6, 6.07) is 2.78.